The Morgan fingerprint density at radius 2 is 1.78 bits per heavy atom. The van der Waals surface area contributed by atoms with Gasteiger partial charge in [0.05, 0.1) is 18.2 Å². The molecule has 3 aromatic rings. The molecule has 0 radical (unpaired) electrons. The predicted octanol–water partition coefficient (Wildman–Crippen LogP) is 4.57. The summed E-state index contributed by atoms with van der Waals surface area (Å²) in [6.07, 6.45) is 1.67. The summed E-state index contributed by atoms with van der Waals surface area (Å²) in [7, 11) is 1.59. The molecule has 0 saturated carbocycles. The first-order chi connectivity index (χ1) is 15.5. The Morgan fingerprint density at radius 3 is 2.56 bits per heavy atom. The van der Waals surface area contributed by atoms with E-state index in [-0.39, 0.29) is 18.3 Å². The molecule has 0 spiro atoms. The van der Waals surface area contributed by atoms with Crippen molar-refractivity contribution in [1.82, 2.24) is 0 Å². The molecule has 3 aromatic carbocycles. The molecule has 0 unspecified atom stereocenters. The molecule has 5 rings (SSSR count). The van der Waals surface area contributed by atoms with Crippen LogP contribution < -0.4 is 23.7 Å². The second-order valence-corrected chi connectivity index (χ2v) is 7.24. The number of carbonyl (C=O) groups excluding carboxylic acids is 2. The van der Waals surface area contributed by atoms with Gasteiger partial charge >= 0.3 is 5.97 Å². The van der Waals surface area contributed by atoms with Gasteiger partial charge in [-0.3, -0.25) is 4.79 Å². The lowest BCUT2D eigenvalue weighted by Gasteiger charge is -2.10. The lowest BCUT2D eigenvalue weighted by atomic mass is 10.1. The van der Waals surface area contributed by atoms with Gasteiger partial charge in [0.1, 0.15) is 17.2 Å². The van der Waals surface area contributed by atoms with Crippen molar-refractivity contribution in [2.45, 2.75) is 6.92 Å². The first kappa shape index (κ1) is 19.7. The van der Waals surface area contributed by atoms with Gasteiger partial charge in [-0.05, 0) is 61.0 Å². The molecule has 0 saturated heterocycles. The van der Waals surface area contributed by atoms with E-state index >= 15 is 0 Å². The van der Waals surface area contributed by atoms with Crippen LogP contribution in [0.25, 0.3) is 6.08 Å². The molecular formula is C25H18O7. The lowest BCUT2D eigenvalue weighted by molar-refractivity contribution is 0.0732. The van der Waals surface area contributed by atoms with E-state index in [1.807, 2.05) is 12.1 Å². The maximum atomic E-state index is 12.8. The zero-order chi connectivity index (χ0) is 22.2. The minimum atomic E-state index is -0.551. The van der Waals surface area contributed by atoms with E-state index < -0.39 is 5.97 Å². The summed E-state index contributed by atoms with van der Waals surface area (Å²) in [5.41, 5.74) is 2.11. The van der Waals surface area contributed by atoms with Gasteiger partial charge in [-0.25, -0.2) is 4.79 Å². The molecule has 2 aliphatic heterocycles. The Morgan fingerprint density at radius 1 is 1.00 bits per heavy atom. The highest BCUT2D eigenvalue weighted by Crippen LogP contribution is 2.40. The highest BCUT2D eigenvalue weighted by molar-refractivity contribution is 6.15. The van der Waals surface area contributed by atoms with E-state index in [0.29, 0.717) is 39.7 Å². The summed E-state index contributed by atoms with van der Waals surface area (Å²) in [5.74, 6) is 1.91. The summed E-state index contributed by atoms with van der Waals surface area (Å²) in [4.78, 5) is 25.4. The van der Waals surface area contributed by atoms with E-state index in [4.69, 9.17) is 23.7 Å². The molecule has 0 atom stereocenters. The molecule has 0 bridgehead atoms. The third-order valence-electron chi connectivity index (χ3n) is 5.26. The van der Waals surface area contributed by atoms with Gasteiger partial charge < -0.3 is 23.7 Å². The van der Waals surface area contributed by atoms with Crippen molar-refractivity contribution in [3.63, 3.8) is 0 Å². The zero-order valence-electron chi connectivity index (χ0n) is 17.3. The van der Waals surface area contributed by atoms with Crippen LogP contribution >= 0.6 is 0 Å². The third-order valence-corrected chi connectivity index (χ3v) is 5.26. The van der Waals surface area contributed by atoms with Crippen LogP contribution in [-0.2, 0) is 0 Å². The van der Waals surface area contributed by atoms with Crippen LogP contribution in [0.1, 0.15) is 31.8 Å². The third kappa shape index (κ3) is 3.43. The van der Waals surface area contributed by atoms with E-state index in [9.17, 15) is 9.59 Å². The molecular weight excluding hydrogens is 412 g/mol. The fraction of sp³-hybridized carbons (Fsp3) is 0.120. The maximum absolute atomic E-state index is 12.8. The quantitative estimate of drug-likeness (QED) is 0.341. The van der Waals surface area contributed by atoms with Gasteiger partial charge in [0, 0.05) is 5.56 Å². The molecule has 7 heteroatoms. The van der Waals surface area contributed by atoms with Crippen LogP contribution in [0.2, 0.25) is 0 Å². The zero-order valence-corrected chi connectivity index (χ0v) is 17.3. The Kier molecular flexibility index (Phi) is 4.78. The van der Waals surface area contributed by atoms with Crippen molar-refractivity contribution >= 4 is 17.8 Å². The highest BCUT2D eigenvalue weighted by atomic mass is 16.7. The van der Waals surface area contributed by atoms with Gasteiger partial charge in [0.2, 0.25) is 12.6 Å². The average Bonchev–Trinajstić information content (AvgIpc) is 3.41. The molecule has 0 N–H and O–H groups in total. The second-order valence-electron chi connectivity index (χ2n) is 7.24. The standard InChI is InChI=1S/C25H18O7/c1-14-19(32-25(27)16-5-9-20-21(12-16)30-13-29-20)10-8-18-23(26)22(31-24(14)18)11-15-3-6-17(28-2)7-4-15/h3-12H,13H2,1-2H3/b22-11-. The number of ketones is 1. The SMILES string of the molecule is COc1ccc(/C=C2\Oc3c(ccc(OC(=O)c4ccc5c(c4)OCO5)c3C)C2=O)cc1. The number of hydrogen-bond donors (Lipinski definition) is 0. The fourth-order valence-corrected chi connectivity index (χ4v) is 3.51. The number of benzene rings is 3. The first-order valence-corrected chi connectivity index (χ1v) is 9.87. The molecule has 2 aliphatic rings. The Hall–Kier alpha value is -4.26. The number of methoxy groups -OCH3 is 1. The van der Waals surface area contributed by atoms with Crippen molar-refractivity contribution < 1.29 is 33.3 Å². The number of esters is 1. The van der Waals surface area contributed by atoms with Gasteiger partial charge in [-0.1, -0.05) is 12.1 Å². The number of rotatable bonds is 4. The smallest absolute Gasteiger partial charge is 0.343 e. The van der Waals surface area contributed by atoms with Crippen molar-refractivity contribution in [3.05, 3.63) is 82.6 Å². The molecule has 0 aliphatic carbocycles. The lowest BCUT2D eigenvalue weighted by Crippen LogP contribution is -2.09. The predicted molar refractivity (Wildman–Crippen MR) is 115 cm³/mol. The van der Waals surface area contributed by atoms with Crippen molar-refractivity contribution in [3.8, 4) is 28.7 Å². The normalized spacial score (nSPS) is 14.8. The summed E-state index contributed by atoms with van der Waals surface area (Å²) in [6.45, 7) is 1.86. The van der Waals surface area contributed by atoms with Crippen molar-refractivity contribution in [2.75, 3.05) is 13.9 Å². The van der Waals surface area contributed by atoms with Crippen LogP contribution in [0.3, 0.4) is 0 Å². The van der Waals surface area contributed by atoms with E-state index in [0.717, 1.165) is 11.3 Å². The Labute approximate surface area is 183 Å². The summed E-state index contributed by atoms with van der Waals surface area (Å²) < 4.78 is 27.1. The molecule has 32 heavy (non-hydrogen) atoms. The topological polar surface area (TPSA) is 80.3 Å². The van der Waals surface area contributed by atoms with Gasteiger partial charge in [-0.2, -0.15) is 0 Å². The number of ether oxygens (including phenoxy) is 5. The van der Waals surface area contributed by atoms with Crippen LogP contribution in [0.15, 0.2) is 60.4 Å². The van der Waals surface area contributed by atoms with Crippen molar-refractivity contribution in [1.29, 1.82) is 0 Å². The number of allylic oxidation sites excluding steroid dienone is 1. The van der Waals surface area contributed by atoms with Crippen LogP contribution in [-0.4, -0.2) is 25.7 Å². The van der Waals surface area contributed by atoms with E-state index in [2.05, 4.69) is 0 Å². The number of fused-ring (bicyclic) bond motifs is 2. The number of hydrogen-bond acceptors (Lipinski definition) is 7. The first-order valence-electron chi connectivity index (χ1n) is 9.87. The minimum absolute atomic E-state index is 0.121. The van der Waals surface area contributed by atoms with Crippen LogP contribution in [0.4, 0.5) is 0 Å². The number of carbonyl (C=O) groups is 2. The molecule has 0 amide bonds. The number of Topliss-reactive ketones (excluding diaryl/α,β-unsaturated/α-hetero) is 1. The van der Waals surface area contributed by atoms with E-state index in [1.54, 1.807) is 62.6 Å². The molecule has 7 nitrogen and oxygen atoms in total. The van der Waals surface area contributed by atoms with Gasteiger partial charge in [-0.15, -0.1) is 0 Å². The van der Waals surface area contributed by atoms with Crippen LogP contribution in [0.5, 0.6) is 28.7 Å². The summed E-state index contributed by atoms with van der Waals surface area (Å²) in [5, 5.41) is 0. The summed E-state index contributed by atoms with van der Waals surface area (Å²) >= 11 is 0. The molecule has 0 aromatic heterocycles. The monoisotopic (exact) mass is 430 g/mol. The average molecular weight is 430 g/mol. The van der Waals surface area contributed by atoms with Gasteiger partial charge in [0.15, 0.2) is 17.3 Å². The van der Waals surface area contributed by atoms with Crippen molar-refractivity contribution in [2.24, 2.45) is 0 Å². The minimum Gasteiger partial charge on any atom is -0.497 e. The molecule has 0 fully saturated rings. The maximum Gasteiger partial charge on any atom is 0.343 e. The van der Waals surface area contributed by atoms with Crippen LogP contribution in [0, 0.1) is 6.92 Å². The highest BCUT2D eigenvalue weighted by Gasteiger charge is 2.30. The molecule has 160 valence electrons. The van der Waals surface area contributed by atoms with Gasteiger partial charge in [0.25, 0.3) is 0 Å². The Balaban J connectivity index is 1.38. The Bertz CT molecular complexity index is 1270. The largest absolute Gasteiger partial charge is 0.497 e. The second kappa shape index (κ2) is 7.77. The fourth-order valence-electron chi connectivity index (χ4n) is 3.51. The van der Waals surface area contributed by atoms with E-state index in [1.165, 1.54) is 0 Å². The molecule has 2 heterocycles. The summed E-state index contributed by atoms with van der Waals surface area (Å²) in [6, 6.07) is 15.3.